The first-order valence-electron chi connectivity index (χ1n) is 8.11. The molecule has 0 atom stereocenters. The van der Waals surface area contributed by atoms with Crippen molar-refractivity contribution in [2.45, 2.75) is 26.3 Å². The maximum absolute atomic E-state index is 12.4. The number of carbonyl (C=O) groups excluding carboxylic acids is 2. The lowest BCUT2D eigenvalue weighted by atomic mass is 9.97. The SMILES string of the molecule is CC(=O)NCC1CCN(C(=O)Cn2nc3ccccn3c2=O)CC1. The van der Waals surface area contributed by atoms with Crippen LogP contribution in [0.15, 0.2) is 29.2 Å². The molecule has 1 fully saturated rings. The van der Waals surface area contributed by atoms with E-state index in [1.165, 1.54) is 16.0 Å². The quantitative estimate of drug-likeness (QED) is 0.845. The molecule has 1 saturated heterocycles. The molecule has 0 unspecified atom stereocenters. The van der Waals surface area contributed by atoms with Gasteiger partial charge in [0.1, 0.15) is 6.54 Å². The molecule has 3 rings (SSSR count). The third-order valence-corrected chi connectivity index (χ3v) is 4.38. The third-order valence-electron chi connectivity index (χ3n) is 4.38. The molecule has 8 heteroatoms. The van der Waals surface area contributed by atoms with Gasteiger partial charge in [0.15, 0.2) is 5.65 Å². The summed E-state index contributed by atoms with van der Waals surface area (Å²) in [7, 11) is 0. The van der Waals surface area contributed by atoms with Crippen molar-refractivity contribution < 1.29 is 9.59 Å². The van der Waals surface area contributed by atoms with E-state index in [1.54, 1.807) is 29.3 Å². The summed E-state index contributed by atoms with van der Waals surface area (Å²) in [5.41, 5.74) is 0.226. The number of aromatic nitrogens is 3. The van der Waals surface area contributed by atoms with Crippen molar-refractivity contribution in [2.24, 2.45) is 5.92 Å². The molecule has 24 heavy (non-hydrogen) atoms. The second kappa shape index (κ2) is 6.86. The summed E-state index contributed by atoms with van der Waals surface area (Å²) >= 11 is 0. The molecule has 1 aliphatic heterocycles. The monoisotopic (exact) mass is 331 g/mol. The Morgan fingerprint density at radius 2 is 2.04 bits per heavy atom. The maximum Gasteiger partial charge on any atom is 0.350 e. The van der Waals surface area contributed by atoms with E-state index in [4.69, 9.17) is 0 Å². The number of hydrogen-bond donors (Lipinski definition) is 1. The fourth-order valence-electron chi connectivity index (χ4n) is 2.97. The van der Waals surface area contributed by atoms with Gasteiger partial charge in [-0.15, -0.1) is 5.10 Å². The summed E-state index contributed by atoms with van der Waals surface area (Å²) in [6.07, 6.45) is 3.34. The van der Waals surface area contributed by atoms with Crippen LogP contribution in [-0.2, 0) is 16.1 Å². The fraction of sp³-hybridized carbons (Fsp3) is 0.500. The predicted molar refractivity (Wildman–Crippen MR) is 87.4 cm³/mol. The highest BCUT2D eigenvalue weighted by atomic mass is 16.2. The number of piperidine rings is 1. The van der Waals surface area contributed by atoms with Gasteiger partial charge < -0.3 is 10.2 Å². The van der Waals surface area contributed by atoms with Gasteiger partial charge in [-0.2, -0.15) is 0 Å². The van der Waals surface area contributed by atoms with Crippen molar-refractivity contribution in [1.29, 1.82) is 0 Å². The molecule has 0 bridgehead atoms. The minimum Gasteiger partial charge on any atom is -0.356 e. The fourth-order valence-corrected chi connectivity index (χ4v) is 2.97. The van der Waals surface area contributed by atoms with Crippen LogP contribution in [-0.4, -0.2) is 50.5 Å². The van der Waals surface area contributed by atoms with Gasteiger partial charge in [-0.05, 0) is 30.9 Å². The number of likely N-dealkylation sites (tertiary alicyclic amines) is 1. The lowest BCUT2D eigenvalue weighted by molar-refractivity contribution is -0.133. The third kappa shape index (κ3) is 3.47. The second-order valence-corrected chi connectivity index (χ2v) is 6.13. The van der Waals surface area contributed by atoms with Gasteiger partial charge in [0.25, 0.3) is 0 Å². The first kappa shape index (κ1) is 16.2. The van der Waals surface area contributed by atoms with Crippen molar-refractivity contribution in [3.05, 3.63) is 34.9 Å². The van der Waals surface area contributed by atoms with Crippen LogP contribution in [0.4, 0.5) is 0 Å². The molecule has 3 heterocycles. The predicted octanol–water partition coefficient (Wildman–Crippen LogP) is -0.129. The zero-order valence-electron chi connectivity index (χ0n) is 13.6. The maximum atomic E-state index is 12.4. The number of hydrogen-bond acceptors (Lipinski definition) is 4. The molecule has 0 spiro atoms. The van der Waals surface area contributed by atoms with Crippen molar-refractivity contribution in [1.82, 2.24) is 24.4 Å². The summed E-state index contributed by atoms with van der Waals surface area (Å²) in [4.78, 5) is 37.3. The number of amides is 2. The van der Waals surface area contributed by atoms with Crippen molar-refractivity contribution in [3.63, 3.8) is 0 Å². The summed E-state index contributed by atoms with van der Waals surface area (Å²) in [5.74, 6) is 0.272. The number of nitrogens with one attached hydrogen (secondary N) is 1. The van der Waals surface area contributed by atoms with E-state index in [-0.39, 0.29) is 24.0 Å². The highest BCUT2D eigenvalue weighted by molar-refractivity contribution is 5.76. The Morgan fingerprint density at radius 1 is 1.29 bits per heavy atom. The van der Waals surface area contributed by atoms with Crippen molar-refractivity contribution >= 4 is 17.5 Å². The van der Waals surface area contributed by atoms with E-state index >= 15 is 0 Å². The van der Waals surface area contributed by atoms with Crippen LogP contribution in [0.1, 0.15) is 19.8 Å². The highest BCUT2D eigenvalue weighted by Crippen LogP contribution is 2.16. The van der Waals surface area contributed by atoms with Gasteiger partial charge in [-0.1, -0.05) is 6.07 Å². The number of nitrogens with zero attached hydrogens (tertiary/aromatic N) is 4. The van der Waals surface area contributed by atoms with Crippen molar-refractivity contribution in [3.8, 4) is 0 Å². The van der Waals surface area contributed by atoms with E-state index in [0.29, 0.717) is 31.2 Å². The summed E-state index contributed by atoms with van der Waals surface area (Å²) < 4.78 is 2.63. The molecule has 1 aliphatic rings. The van der Waals surface area contributed by atoms with Crippen molar-refractivity contribution in [2.75, 3.05) is 19.6 Å². The van der Waals surface area contributed by atoms with Gasteiger partial charge >= 0.3 is 5.69 Å². The average Bonchev–Trinajstić information content (AvgIpc) is 2.90. The van der Waals surface area contributed by atoms with E-state index in [9.17, 15) is 14.4 Å². The lowest BCUT2D eigenvalue weighted by Gasteiger charge is -2.31. The Kier molecular flexibility index (Phi) is 4.64. The Bertz CT molecular complexity index is 801. The van der Waals surface area contributed by atoms with Gasteiger partial charge in [0, 0.05) is 32.8 Å². The molecule has 0 saturated carbocycles. The highest BCUT2D eigenvalue weighted by Gasteiger charge is 2.23. The molecule has 128 valence electrons. The zero-order chi connectivity index (χ0) is 17.1. The van der Waals surface area contributed by atoms with E-state index in [2.05, 4.69) is 10.4 Å². The van der Waals surface area contributed by atoms with E-state index in [1.807, 2.05) is 0 Å². The molecular weight excluding hydrogens is 310 g/mol. The van der Waals surface area contributed by atoms with Gasteiger partial charge in [-0.3, -0.25) is 14.0 Å². The van der Waals surface area contributed by atoms with Crippen LogP contribution in [0.3, 0.4) is 0 Å². The largest absolute Gasteiger partial charge is 0.356 e. The second-order valence-electron chi connectivity index (χ2n) is 6.13. The summed E-state index contributed by atoms with van der Waals surface area (Å²) in [6, 6.07) is 5.28. The summed E-state index contributed by atoms with van der Waals surface area (Å²) in [5, 5.41) is 7.00. The number of carbonyl (C=O) groups is 2. The minimum atomic E-state index is -0.306. The minimum absolute atomic E-state index is 0.0280. The first-order chi connectivity index (χ1) is 11.5. The molecular formula is C16H21N5O3. The molecule has 8 nitrogen and oxygen atoms in total. The molecule has 2 aromatic rings. The zero-order valence-corrected chi connectivity index (χ0v) is 13.6. The van der Waals surface area contributed by atoms with Gasteiger partial charge in [0.2, 0.25) is 11.8 Å². The normalized spacial score (nSPS) is 15.6. The van der Waals surface area contributed by atoms with Gasteiger partial charge in [0.05, 0.1) is 0 Å². The van der Waals surface area contributed by atoms with Crippen LogP contribution in [0.2, 0.25) is 0 Å². The van der Waals surface area contributed by atoms with Crippen LogP contribution in [0.5, 0.6) is 0 Å². The van der Waals surface area contributed by atoms with Crippen LogP contribution in [0, 0.1) is 5.92 Å². The summed E-state index contributed by atoms with van der Waals surface area (Å²) in [6.45, 7) is 3.40. The molecule has 0 radical (unpaired) electrons. The molecule has 0 aliphatic carbocycles. The Morgan fingerprint density at radius 3 is 2.71 bits per heavy atom. The Hall–Kier alpha value is -2.64. The first-order valence-corrected chi connectivity index (χ1v) is 8.11. The topological polar surface area (TPSA) is 88.7 Å². The molecule has 1 N–H and O–H groups in total. The molecule has 0 aromatic carbocycles. The van der Waals surface area contributed by atoms with Crippen LogP contribution >= 0.6 is 0 Å². The van der Waals surface area contributed by atoms with Crippen LogP contribution in [0.25, 0.3) is 5.65 Å². The Labute approximate surface area is 139 Å². The lowest BCUT2D eigenvalue weighted by Crippen LogP contribution is -2.43. The smallest absolute Gasteiger partial charge is 0.350 e. The average molecular weight is 331 g/mol. The molecule has 2 amide bonds. The number of fused-ring (bicyclic) bond motifs is 1. The van der Waals surface area contributed by atoms with E-state index < -0.39 is 0 Å². The standard InChI is InChI=1S/C16H21N5O3/c1-12(22)17-10-13-5-8-19(9-6-13)15(23)11-21-16(24)20-7-3-2-4-14(20)18-21/h2-4,7,13H,5-6,8-11H2,1H3,(H,17,22). The van der Waals surface area contributed by atoms with Gasteiger partial charge in [-0.25, -0.2) is 9.48 Å². The molecule has 2 aromatic heterocycles. The van der Waals surface area contributed by atoms with Crippen LogP contribution < -0.4 is 11.0 Å². The number of rotatable bonds is 4. The Balaban J connectivity index is 1.58. The number of pyridine rings is 1. The van der Waals surface area contributed by atoms with E-state index in [0.717, 1.165) is 12.8 Å².